The van der Waals surface area contributed by atoms with E-state index in [2.05, 4.69) is 259 Å². The molecule has 435 valence electrons. The smallest absolute Gasteiger partial charge is 0.145 e. The molecule has 0 bridgehead atoms. The van der Waals surface area contributed by atoms with E-state index >= 15 is 0 Å². The molecule has 3 aromatic heterocycles. The van der Waals surface area contributed by atoms with Crippen LogP contribution in [0.15, 0.2) is 304 Å². The quantitative estimate of drug-likeness (QED) is 0.105. The van der Waals surface area contributed by atoms with Crippen molar-refractivity contribution < 1.29 is 20.1 Å². The Hall–Kier alpha value is -11.4. The van der Waals surface area contributed by atoms with E-state index in [4.69, 9.17) is 24.9 Å². The van der Waals surface area contributed by atoms with Gasteiger partial charge in [0.15, 0.2) is 0 Å². The van der Waals surface area contributed by atoms with Crippen molar-refractivity contribution in [2.75, 3.05) is 19.6 Å². The molecule has 0 atom stereocenters. The summed E-state index contributed by atoms with van der Waals surface area (Å²) in [6.07, 6.45) is 8.81. The number of para-hydroxylation sites is 2. The summed E-state index contributed by atoms with van der Waals surface area (Å²) in [5.41, 5.74) is 22.9. The Kier molecular flexibility index (Phi) is 15.2. The van der Waals surface area contributed by atoms with E-state index in [-0.39, 0.29) is 20.1 Å². The molecule has 2 aliphatic rings. The van der Waals surface area contributed by atoms with E-state index in [9.17, 15) is 0 Å². The van der Waals surface area contributed by atoms with Crippen molar-refractivity contribution in [3.63, 3.8) is 0 Å². The second-order valence-corrected chi connectivity index (χ2v) is 22.0. The van der Waals surface area contributed by atoms with Gasteiger partial charge in [-0.1, -0.05) is 192 Å². The first-order chi connectivity index (χ1) is 44.6. The summed E-state index contributed by atoms with van der Waals surface area (Å²) in [5.74, 6) is 2.99. The van der Waals surface area contributed by atoms with Crippen molar-refractivity contribution in [1.82, 2.24) is 24.9 Å². The summed E-state index contributed by atoms with van der Waals surface area (Å²) in [6.45, 7) is 4.06. The molecule has 91 heavy (non-hydrogen) atoms. The van der Waals surface area contributed by atoms with E-state index in [0.717, 1.165) is 135 Å². The monoisotopic (exact) mass is 1340 g/mol. The number of aromatic nitrogens is 5. The fourth-order valence-electron chi connectivity index (χ4n) is 12.2. The standard InChI is InChI=1S/C81H52N9.Ir/c1-4-16-56(17-5-1)57-28-30-58(31-29-57)63-44-45-82-77(53-63)62-34-32-59(33-35-62)71-22-10-13-25-74(71)64-50-65(75-26-14-11-23-72(75)60-36-40-69(41-37-60)89-54-87(67-18-6-2-7-19-67)78-80(89)85-48-46-83-78)52-66(51-64)76-27-15-12-24-73(76)61-38-42-70(43-39-61)90-55-88(68-20-8-3-9-21-68)79-81(90)86-49-47-84-79;/h1-34,36-40,42,44-55H;/q-5;. The Bertz CT molecular complexity index is 4690. The van der Waals surface area contributed by atoms with Crippen LogP contribution in [0.3, 0.4) is 0 Å². The Morgan fingerprint density at radius 1 is 0.253 bits per heavy atom. The minimum Gasteiger partial charge on any atom is -0.477 e. The number of hydrogen-bond donors (Lipinski definition) is 0. The van der Waals surface area contributed by atoms with Crippen molar-refractivity contribution in [2.24, 2.45) is 0 Å². The Balaban J connectivity index is 0.00000689. The summed E-state index contributed by atoms with van der Waals surface area (Å²) in [6, 6.07) is 107. The normalized spacial score (nSPS) is 12.4. The zero-order chi connectivity index (χ0) is 59.7. The van der Waals surface area contributed by atoms with Gasteiger partial charge in [0.1, 0.15) is 23.3 Å². The fraction of sp³-hybridized carbons (Fsp3) is 0. The predicted molar refractivity (Wildman–Crippen MR) is 364 cm³/mol. The molecule has 0 N–H and O–H groups in total. The predicted octanol–water partition coefficient (Wildman–Crippen LogP) is 19.9. The van der Waals surface area contributed by atoms with Crippen molar-refractivity contribution >= 4 is 46.0 Å². The molecule has 14 aromatic rings. The minimum atomic E-state index is 0. The second-order valence-electron chi connectivity index (χ2n) is 22.0. The van der Waals surface area contributed by atoms with Gasteiger partial charge in [-0.15, -0.1) is 77.8 Å². The molecule has 11 aromatic carbocycles. The van der Waals surface area contributed by atoms with Crippen LogP contribution in [0.4, 0.5) is 46.0 Å². The number of fused-ring (bicyclic) bond motifs is 2. The third-order valence-electron chi connectivity index (χ3n) is 16.6. The van der Waals surface area contributed by atoms with E-state index < -0.39 is 0 Å². The van der Waals surface area contributed by atoms with E-state index in [0.29, 0.717) is 0 Å². The maximum absolute atomic E-state index is 4.83. The first-order valence-electron chi connectivity index (χ1n) is 29.8. The average Bonchev–Trinajstić information content (AvgIpc) is 1.84. The summed E-state index contributed by atoms with van der Waals surface area (Å²) in [5, 5.41) is 0. The maximum atomic E-state index is 4.83. The molecule has 2 aliphatic heterocycles. The first-order valence-corrected chi connectivity index (χ1v) is 29.8. The largest absolute Gasteiger partial charge is 0.477 e. The van der Waals surface area contributed by atoms with Gasteiger partial charge in [0.05, 0.1) is 0 Å². The van der Waals surface area contributed by atoms with Crippen LogP contribution in [0.2, 0.25) is 0 Å². The minimum absolute atomic E-state index is 0. The van der Waals surface area contributed by atoms with E-state index in [1.807, 2.05) is 71.8 Å². The van der Waals surface area contributed by atoms with Crippen molar-refractivity contribution in [2.45, 2.75) is 0 Å². The zero-order valence-corrected chi connectivity index (χ0v) is 51.3. The summed E-state index contributed by atoms with van der Waals surface area (Å²) in [4.78, 5) is 32.1. The Labute approximate surface area is 543 Å². The summed E-state index contributed by atoms with van der Waals surface area (Å²) in [7, 11) is 0. The molecule has 0 unspecified atom stereocenters. The molecule has 0 saturated heterocycles. The Morgan fingerprint density at radius 2 is 0.593 bits per heavy atom. The molecule has 0 aliphatic carbocycles. The van der Waals surface area contributed by atoms with Crippen LogP contribution in [0, 0.1) is 31.5 Å². The SMILES string of the molecule is [Ir].[c-]1cc(-c2ccccc2-c2cc(-c3ccccc3-c3c[c-]c(N4[CH-]N(c5ccccc5)c5nccnc54)cc3)cc(-c3ccccc3-c3c[c-]c(N4[CH-]N(c5ccccc5)c5nccnc54)cc3)c2)ccc1-c1cc(-c2ccc(-c3ccccc3)cc2)ccn1. The van der Waals surface area contributed by atoms with Crippen LogP contribution in [0.25, 0.3) is 100 Å². The van der Waals surface area contributed by atoms with Crippen LogP contribution in [-0.4, -0.2) is 24.9 Å². The van der Waals surface area contributed by atoms with Crippen molar-refractivity contribution in [1.29, 1.82) is 0 Å². The molecule has 0 fully saturated rings. The zero-order valence-electron chi connectivity index (χ0n) is 48.9. The van der Waals surface area contributed by atoms with Crippen LogP contribution in [-0.2, 0) is 20.1 Å². The maximum Gasteiger partial charge on any atom is 0.145 e. The van der Waals surface area contributed by atoms with Crippen LogP contribution < -0.4 is 19.6 Å². The van der Waals surface area contributed by atoms with Gasteiger partial charge in [-0.3, -0.25) is 0 Å². The Morgan fingerprint density at radius 3 is 0.989 bits per heavy atom. The van der Waals surface area contributed by atoms with Crippen LogP contribution in [0.5, 0.6) is 0 Å². The third kappa shape index (κ3) is 10.9. The number of benzene rings is 11. The molecule has 5 heterocycles. The summed E-state index contributed by atoms with van der Waals surface area (Å²) >= 11 is 0. The summed E-state index contributed by atoms with van der Waals surface area (Å²) < 4.78 is 0. The van der Waals surface area contributed by atoms with Gasteiger partial charge >= 0.3 is 0 Å². The van der Waals surface area contributed by atoms with Gasteiger partial charge in [-0.05, 0) is 110 Å². The van der Waals surface area contributed by atoms with Crippen LogP contribution in [0.1, 0.15) is 0 Å². The van der Waals surface area contributed by atoms with Gasteiger partial charge in [-0.2, -0.15) is 36.4 Å². The molecule has 0 amide bonds. The van der Waals surface area contributed by atoms with Gasteiger partial charge in [-0.25, -0.2) is 19.9 Å². The van der Waals surface area contributed by atoms with Crippen molar-refractivity contribution in [3.05, 3.63) is 336 Å². The molecular weight excluding hydrogens is 1290 g/mol. The molecular formula is C81H52IrN9-5. The number of anilines is 8. The fourth-order valence-corrected chi connectivity index (χ4v) is 12.2. The van der Waals surface area contributed by atoms with Crippen LogP contribution >= 0.6 is 0 Å². The molecule has 1 radical (unpaired) electrons. The third-order valence-corrected chi connectivity index (χ3v) is 16.6. The average molecular weight is 1340 g/mol. The van der Waals surface area contributed by atoms with Gasteiger partial charge in [0, 0.05) is 62.5 Å². The van der Waals surface area contributed by atoms with Crippen molar-refractivity contribution in [3.8, 4) is 100 Å². The number of hydrogen-bond acceptors (Lipinski definition) is 9. The number of nitrogens with zero attached hydrogens (tertiary/aromatic N) is 9. The first kappa shape index (κ1) is 56.1. The van der Waals surface area contributed by atoms with Gasteiger partial charge < -0.3 is 24.6 Å². The van der Waals surface area contributed by atoms with Gasteiger partial charge in [0.2, 0.25) is 0 Å². The molecule has 0 saturated carbocycles. The number of rotatable bonds is 13. The number of pyridine rings is 1. The van der Waals surface area contributed by atoms with E-state index in [1.54, 1.807) is 24.8 Å². The molecule has 9 nitrogen and oxygen atoms in total. The second kappa shape index (κ2) is 24.6. The molecule has 0 spiro atoms. The topological polar surface area (TPSA) is 77.4 Å². The molecule has 10 heteroatoms. The molecule has 16 rings (SSSR count). The van der Waals surface area contributed by atoms with E-state index in [1.165, 1.54) is 11.1 Å². The van der Waals surface area contributed by atoms with Gasteiger partial charge in [0.25, 0.3) is 0 Å².